The number of hydrogen-bond acceptors (Lipinski definition) is 1. The van der Waals surface area contributed by atoms with Crippen LogP contribution in [0.25, 0.3) is 0 Å². The molecule has 0 aliphatic heterocycles. The van der Waals surface area contributed by atoms with Gasteiger partial charge in [-0.3, -0.25) is 0 Å². The van der Waals surface area contributed by atoms with Crippen molar-refractivity contribution in [1.82, 2.24) is 0 Å². The van der Waals surface area contributed by atoms with E-state index in [2.05, 4.69) is 90.2 Å². The van der Waals surface area contributed by atoms with E-state index in [0.717, 1.165) is 0 Å². The lowest BCUT2D eigenvalue weighted by Crippen LogP contribution is -2.06. The molecule has 0 saturated carbocycles. The maximum absolute atomic E-state index is 3.32. The molecule has 0 saturated heterocycles. The van der Waals surface area contributed by atoms with Crippen molar-refractivity contribution in [3.8, 4) is 0 Å². The summed E-state index contributed by atoms with van der Waals surface area (Å²) >= 11 is 0. The van der Waals surface area contributed by atoms with Crippen LogP contribution < -0.4 is 5.32 Å². The second-order valence-electron chi connectivity index (χ2n) is 5.09. The van der Waals surface area contributed by atoms with Crippen LogP contribution in [-0.2, 0) is 0 Å². The van der Waals surface area contributed by atoms with Gasteiger partial charge in [-0.05, 0) is 22.8 Å². The molecule has 0 aliphatic rings. The standard InChI is InChI=1S/C20H19N/c1-21-19-15-9-8-14-18(19)20(16-10-4-2-5-11-16)17-12-6-3-7-13-17/h2-15,20-21H,1H3. The summed E-state index contributed by atoms with van der Waals surface area (Å²) in [6, 6.07) is 29.9. The zero-order valence-electron chi connectivity index (χ0n) is 12.2. The number of anilines is 1. The summed E-state index contributed by atoms with van der Waals surface area (Å²) in [5.74, 6) is 0.246. The van der Waals surface area contributed by atoms with Gasteiger partial charge in [0.15, 0.2) is 0 Å². The monoisotopic (exact) mass is 273 g/mol. The predicted octanol–water partition coefficient (Wildman–Crippen LogP) is 4.91. The van der Waals surface area contributed by atoms with Gasteiger partial charge in [-0.25, -0.2) is 0 Å². The molecule has 0 fully saturated rings. The van der Waals surface area contributed by atoms with Crippen molar-refractivity contribution in [2.45, 2.75) is 5.92 Å². The van der Waals surface area contributed by atoms with Gasteiger partial charge in [0.1, 0.15) is 0 Å². The van der Waals surface area contributed by atoms with Crippen molar-refractivity contribution in [2.24, 2.45) is 0 Å². The van der Waals surface area contributed by atoms with E-state index < -0.39 is 0 Å². The van der Waals surface area contributed by atoms with Crippen molar-refractivity contribution in [3.05, 3.63) is 102 Å². The molecule has 0 heterocycles. The fraction of sp³-hybridized carbons (Fsp3) is 0.100. The Morgan fingerprint density at radius 2 is 1.10 bits per heavy atom. The van der Waals surface area contributed by atoms with E-state index in [1.807, 2.05) is 7.05 Å². The number of nitrogens with one attached hydrogen (secondary N) is 1. The van der Waals surface area contributed by atoms with E-state index >= 15 is 0 Å². The van der Waals surface area contributed by atoms with E-state index in [-0.39, 0.29) is 5.92 Å². The molecule has 0 atom stereocenters. The highest BCUT2D eigenvalue weighted by atomic mass is 14.8. The highest BCUT2D eigenvalue weighted by molar-refractivity contribution is 5.58. The van der Waals surface area contributed by atoms with Crippen LogP contribution >= 0.6 is 0 Å². The van der Waals surface area contributed by atoms with E-state index in [1.54, 1.807) is 0 Å². The molecule has 1 N–H and O–H groups in total. The van der Waals surface area contributed by atoms with Crippen LogP contribution in [-0.4, -0.2) is 7.05 Å². The molecule has 0 radical (unpaired) electrons. The zero-order valence-corrected chi connectivity index (χ0v) is 12.2. The lowest BCUT2D eigenvalue weighted by molar-refractivity contribution is 0.978. The summed E-state index contributed by atoms with van der Waals surface area (Å²) < 4.78 is 0. The first-order valence-electron chi connectivity index (χ1n) is 7.26. The molecule has 21 heavy (non-hydrogen) atoms. The van der Waals surface area contributed by atoms with Crippen LogP contribution in [0.3, 0.4) is 0 Å². The first-order chi connectivity index (χ1) is 10.4. The van der Waals surface area contributed by atoms with Crippen LogP contribution in [0, 0.1) is 0 Å². The van der Waals surface area contributed by atoms with Gasteiger partial charge in [0.2, 0.25) is 0 Å². The normalized spacial score (nSPS) is 10.6. The van der Waals surface area contributed by atoms with Crippen LogP contribution in [0.1, 0.15) is 22.6 Å². The van der Waals surface area contributed by atoms with E-state index in [0.29, 0.717) is 0 Å². The highest BCUT2D eigenvalue weighted by Crippen LogP contribution is 2.35. The molecule has 1 heteroatoms. The first kappa shape index (κ1) is 13.4. The Balaban J connectivity index is 2.17. The first-order valence-corrected chi connectivity index (χ1v) is 7.26. The van der Waals surface area contributed by atoms with E-state index in [9.17, 15) is 0 Å². The van der Waals surface area contributed by atoms with Crippen LogP contribution in [0.5, 0.6) is 0 Å². The summed E-state index contributed by atoms with van der Waals surface area (Å²) in [6.07, 6.45) is 0. The Kier molecular flexibility index (Phi) is 4.02. The molecule has 0 aromatic heterocycles. The Morgan fingerprint density at radius 3 is 1.62 bits per heavy atom. The lowest BCUT2D eigenvalue weighted by Gasteiger charge is -2.21. The largest absolute Gasteiger partial charge is 0.388 e. The molecule has 3 aromatic rings. The van der Waals surface area contributed by atoms with E-state index in [4.69, 9.17) is 0 Å². The molecule has 0 amide bonds. The van der Waals surface area contributed by atoms with Gasteiger partial charge in [-0.1, -0.05) is 78.9 Å². The van der Waals surface area contributed by atoms with Gasteiger partial charge in [0.05, 0.1) is 0 Å². The quantitative estimate of drug-likeness (QED) is 0.666. The Hall–Kier alpha value is -2.54. The molecule has 0 unspecified atom stereocenters. The average molecular weight is 273 g/mol. The molecule has 1 nitrogen and oxygen atoms in total. The molecule has 0 aliphatic carbocycles. The predicted molar refractivity (Wildman–Crippen MR) is 89.8 cm³/mol. The smallest absolute Gasteiger partial charge is 0.0379 e. The van der Waals surface area contributed by atoms with Crippen molar-refractivity contribution in [2.75, 3.05) is 12.4 Å². The summed E-state index contributed by atoms with van der Waals surface area (Å²) in [6.45, 7) is 0. The summed E-state index contributed by atoms with van der Waals surface area (Å²) in [4.78, 5) is 0. The van der Waals surface area contributed by atoms with Crippen LogP contribution in [0.2, 0.25) is 0 Å². The van der Waals surface area contributed by atoms with Gasteiger partial charge in [-0.2, -0.15) is 0 Å². The molecule has 0 spiro atoms. The van der Waals surface area contributed by atoms with Crippen LogP contribution in [0.4, 0.5) is 5.69 Å². The van der Waals surface area contributed by atoms with Crippen molar-refractivity contribution >= 4 is 5.69 Å². The fourth-order valence-electron chi connectivity index (χ4n) is 2.82. The fourth-order valence-corrected chi connectivity index (χ4v) is 2.82. The van der Waals surface area contributed by atoms with Gasteiger partial charge in [0, 0.05) is 18.7 Å². The number of para-hydroxylation sites is 1. The third-order valence-electron chi connectivity index (χ3n) is 3.81. The highest BCUT2D eigenvalue weighted by Gasteiger charge is 2.18. The van der Waals surface area contributed by atoms with Crippen molar-refractivity contribution in [1.29, 1.82) is 0 Å². The second-order valence-corrected chi connectivity index (χ2v) is 5.09. The number of benzene rings is 3. The Labute approximate surface area is 126 Å². The van der Waals surface area contributed by atoms with Crippen molar-refractivity contribution < 1.29 is 0 Å². The molecular weight excluding hydrogens is 254 g/mol. The molecule has 3 rings (SSSR count). The number of hydrogen-bond donors (Lipinski definition) is 1. The lowest BCUT2D eigenvalue weighted by atomic mass is 9.84. The molecule has 0 bridgehead atoms. The van der Waals surface area contributed by atoms with Crippen LogP contribution in [0.15, 0.2) is 84.9 Å². The third kappa shape index (κ3) is 2.82. The maximum Gasteiger partial charge on any atom is 0.0379 e. The van der Waals surface area contributed by atoms with E-state index in [1.165, 1.54) is 22.4 Å². The molecule has 104 valence electrons. The minimum Gasteiger partial charge on any atom is -0.388 e. The van der Waals surface area contributed by atoms with Gasteiger partial charge in [-0.15, -0.1) is 0 Å². The minimum atomic E-state index is 0.246. The summed E-state index contributed by atoms with van der Waals surface area (Å²) in [7, 11) is 1.98. The topological polar surface area (TPSA) is 12.0 Å². The minimum absolute atomic E-state index is 0.246. The molecular formula is C20H19N. The molecule has 3 aromatic carbocycles. The Morgan fingerprint density at radius 1 is 0.619 bits per heavy atom. The average Bonchev–Trinajstić information content (AvgIpc) is 2.58. The second kappa shape index (κ2) is 6.27. The zero-order chi connectivity index (χ0) is 14.5. The summed E-state index contributed by atoms with van der Waals surface area (Å²) in [5, 5.41) is 3.32. The van der Waals surface area contributed by atoms with Gasteiger partial charge in [0.25, 0.3) is 0 Å². The number of rotatable bonds is 4. The Bertz CT molecular complexity index is 650. The van der Waals surface area contributed by atoms with Crippen molar-refractivity contribution in [3.63, 3.8) is 0 Å². The third-order valence-corrected chi connectivity index (χ3v) is 3.81. The SMILES string of the molecule is CNc1ccccc1C(c1ccccc1)c1ccccc1. The summed E-state index contributed by atoms with van der Waals surface area (Å²) in [5.41, 5.74) is 5.10. The maximum atomic E-state index is 3.32. The van der Waals surface area contributed by atoms with Gasteiger partial charge >= 0.3 is 0 Å². The van der Waals surface area contributed by atoms with Gasteiger partial charge < -0.3 is 5.32 Å².